The van der Waals surface area contributed by atoms with Crippen LogP contribution in [-0.2, 0) is 9.53 Å². The van der Waals surface area contributed by atoms with Gasteiger partial charge in [-0.1, -0.05) is 60.1 Å². The molecular formula is C20H38N2O2S2. The SMILES string of the molecule is CSSC(C)(C)CCC(=O)OCNN(C1CCCCC1)C1CCCCC1. The lowest BCUT2D eigenvalue weighted by Gasteiger charge is -2.41. The van der Waals surface area contributed by atoms with Crippen LogP contribution in [0.3, 0.4) is 0 Å². The van der Waals surface area contributed by atoms with Crippen molar-refractivity contribution in [1.29, 1.82) is 0 Å². The molecule has 2 fully saturated rings. The molecule has 0 aliphatic heterocycles. The second-order valence-electron chi connectivity index (χ2n) is 8.32. The van der Waals surface area contributed by atoms with Gasteiger partial charge in [0.15, 0.2) is 6.73 Å². The first-order valence-corrected chi connectivity index (χ1v) is 13.0. The first-order chi connectivity index (χ1) is 12.5. The van der Waals surface area contributed by atoms with Crippen LogP contribution < -0.4 is 5.43 Å². The second kappa shape index (κ2) is 11.8. The third kappa shape index (κ3) is 7.99. The number of nitrogens with one attached hydrogen (secondary N) is 1. The third-order valence-electron chi connectivity index (χ3n) is 5.66. The van der Waals surface area contributed by atoms with Gasteiger partial charge in [0, 0.05) is 23.3 Å². The van der Waals surface area contributed by atoms with Crippen LogP contribution in [0.25, 0.3) is 0 Å². The normalized spacial score (nSPS) is 20.5. The van der Waals surface area contributed by atoms with Crippen molar-refractivity contribution < 1.29 is 9.53 Å². The number of carbonyl (C=O) groups is 1. The number of hydrogen-bond acceptors (Lipinski definition) is 6. The molecule has 0 aromatic carbocycles. The van der Waals surface area contributed by atoms with E-state index in [0.717, 1.165) is 6.42 Å². The van der Waals surface area contributed by atoms with E-state index in [9.17, 15) is 4.79 Å². The number of hydrazine groups is 1. The molecule has 0 saturated heterocycles. The van der Waals surface area contributed by atoms with E-state index in [-0.39, 0.29) is 10.7 Å². The molecule has 1 N–H and O–H groups in total. The van der Waals surface area contributed by atoms with Gasteiger partial charge in [0.1, 0.15) is 0 Å². The van der Waals surface area contributed by atoms with E-state index in [4.69, 9.17) is 4.74 Å². The van der Waals surface area contributed by atoms with E-state index in [1.54, 1.807) is 10.8 Å². The fourth-order valence-corrected chi connectivity index (χ4v) is 6.44. The molecule has 0 amide bonds. The molecule has 0 aromatic rings. The largest absolute Gasteiger partial charge is 0.448 e. The van der Waals surface area contributed by atoms with Crippen molar-refractivity contribution in [3.05, 3.63) is 0 Å². The Morgan fingerprint density at radius 2 is 1.58 bits per heavy atom. The first-order valence-electron chi connectivity index (χ1n) is 10.4. The van der Waals surface area contributed by atoms with Crippen LogP contribution in [0.1, 0.15) is 90.9 Å². The molecule has 0 bridgehead atoms. The van der Waals surface area contributed by atoms with Crippen molar-refractivity contribution in [3.8, 4) is 0 Å². The Balaban J connectivity index is 1.76. The molecule has 4 nitrogen and oxygen atoms in total. The highest BCUT2D eigenvalue weighted by Gasteiger charge is 2.29. The standard InChI is InChI=1S/C20H38N2O2S2/c1-20(2,26-25-3)15-14-19(23)24-16-21-22(17-10-6-4-7-11-17)18-12-8-5-9-13-18/h17-18,21H,4-16H2,1-3H3. The zero-order valence-corrected chi connectivity index (χ0v) is 18.6. The van der Waals surface area contributed by atoms with Crippen molar-refractivity contribution in [2.24, 2.45) is 0 Å². The fourth-order valence-electron chi connectivity index (χ4n) is 4.20. The highest BCUT2D eigenvalue weighted by molar-refractivity contribution is 8.76. The number of esters is 1. The molecule has 2 rings (SSSR count). The Labute approximate surface area is 168 Å². The van der Waals surface area contributed by atoms with Crippen LogP contribution in [-0.4, -0.2) is 40.8 Å². The van der Waals surface area contributed by atoms with Crippen LogP contribution in [0.2, 0.25) is 0 Å². The maximum Gasteiger partial charge on any atom is 0.307 e. The average Bonchev–Trinajstić information content (AvgIpc) is 2.65. The summed E-state index contributed by atoms with van der Waals surface area (Å²) in [6, 6.07) is 1.23. The Kier molecular flexibility index (Phi) is 10.2. The predicted molar refractivity (Wildman–Crippen MR) is 114 cm³/mol. The molecular weight excluding hydrogens is 364 g/mol. The summed E-state index contributed by atoms with van der Waals surface area (Å²) in [7, 11) is 3.59. The molecule has 0 atom stereocenters. The Morgan fingerprint density at radius 1 is 1.04 bits per heavy atom. The minimum absolute atomic E-state index is 0.0838. The highest BCUT2D eigenvalue weighted by atomic mass is 33.1. The van der Waals surface area contributed by atoms with Gasteiger partial charge in [0.05, 0.1) is 0 Å². The smallest absolute Gasteiger partial charge is 0.307 e. The van der Waals surface area contributed by atoms with E-state index < -0.39 is 0 Å². The molecule has 6 heteroatoms. The maximum atomic E-state index is 12.1. The lowest BCUT2D eigenvalue weighted by Crippen LogP contribution is -2.53. The number of ether oxygens (including phenoxy) is 1. The van der Waals surface area contributed by atoms with Crippen LogP contribution in [0.15, 0.2) is 0 Å². The van der Waals surface area contributed by atoms with E-state index in [1.165, 1.54) is 64.2 Å². The molecule has 152 valence electrons. The summed E-state index contributed by atoms with van der Waals surface area (Å²) in [6.45, 7) is 4.70. The van der Waals surface area contributed by atoms with Crippen molar-refractivity contribution in [2.75, 3.05) is 13.0 Å². The Bertz CT molecular complexity index is 391. The van der Waals surface area contributed by atoms with Crippen LogP contribution in [0, 0.1) is 0 Å². The summed E-state index contributed by atoms with van der Waals surface area (Å²) in [5.41, 5.74) is 3.49. The molecule has 0 aromatic heterocycles. The number of hydrogen-bond donors (Lipinski definition) is 1. The molecule has 26 heavy (non-hydrogen) atoms. The lowest BCUT2D eigenvalue weighted by atomic mass is 9.90. The van der Waals surface area contributed by atoms with Gasteiger partial charge in [-0.15, -0.1) is 0 Å². The van der Waals surface area contributed by atoms with Gasteiger partial charge < -0.3 is 4.74 Å². The first kappa shape index (κ1) is 22.4. The van der Waals surface area contributed by atoms with Gasteiger partial charge in [-0.3, -0.25) is 4.79 Å². The molecule has 2 saturated carbocycles. The average molecular weight is 403 g/mol. The van der Waals surface area contributed by atoms with Gasteiger partial charge in [0.2, 0.25) is 0 Å². The van der Waals surface area contributed by atoms with Crippen LogP contribution in [0.5, 0.6) is 0 Å². The van der Waals surface area contributed by atoms with Gasteiger partial charge in [-0.25, -0.2) is 10.4 Å². The van der Waals surface area contributed by atoms with E-state index in [1.807, 2.05) is 10.8 Å². The molecule has 2 aliphatic carbocycles. The topological polar surface area (TPSA) is 41.6 Å². The minimum atomic E-state index is -0.0838. The third-order valence-corrected chi connectivity index (χ3v) is 8.33. The van der Waals surface area contributed by atoms with Crippen molar-refractivity contribution in [2.45, 2.75) is 108 Å². The zero-order chi connectivity index (χ0) is 18.8. The Morgan fingerprint density at radius 3 is 2.08 bits per heavy atom. The summed E-state index contributed by atoms with van der Waals surface area (Å²) in [5.74, 6) is -0.0838. The van der Waals surface area contributed by atoms with Gasteiger partial charge in [-0.2, -0.15) is 0 Å². The van der Waals surface area contributed by atoms with Gasteiger partial charge in [0.25, 0.3) is 0 Å². The number of rotatable bonds is 10. The summed E-state index contributed by atoms with van der Waals surface area (Å²) in [5, 5.41) is 2.47. The maximum absolute atomic E-state index is 12.1. The van der Waals surface area contributed by atoms with E-state index in [0.29, 0.717) is 25.2 Å². The monoisotopic (exact) mass is 402 g/mol. The van der Waals surface area contributed by atoms with Gasteiger partial charge in [-0.05, 0) is 52.2 Å². The molecule has 2 aliphatic rings. The summed E-state index contributed by atoms with van der Waals surface area (Å²) >= 11 is 0. The van der Waals surface area contributed by atoms with Crippen molar-refractivity contribution in [1.82, 2.24) is 10.4 Å². The Hall–Kier alpha value is 0.0900. The molecule has 0 radical (unpaired) electrons. The zero-order valence-electron chi connectivity index (χ0n) is 16.9. The predicted octanol–water partition coefficient (Wildman–Crippen LogP) is 5.53. The van der Waals surface area contributed by atoms with Crippen LogP contribution in [0.4, 0.5) is 0 Å². The number of carbonyl (C=O) groups excluding carboxylic acids is 1. The second-order valence-corrected chi connectivity index (χ2v) is 11.4. The quantitative estimate of drug-likeness (QED) is 0.224. The molecule has 0 unspecified atom stereocenters. The summed E-state index contributed by atoms with van der Waals surface area (Å²) in [6.07, 6.45) is 16.6. The summed E-state index contributed by atoms with van der Waals surface area (Å²) in [4.78, 5) is 12.1. The van der Waals surface area contributed by atoms with Gasteiger partial charge >= 0.3 is 5.97 Å². The fraction of sp³-hybridized carbons (Fsp3) is 0.950. The lowest BCUT2D eigenvalue weighted by molar-refractivity contribution is -0.147. The van der Waals surface area contributed by atoms with Crippen molar-refractivity contribution >= 4 is 27.6 Å². The number of nitrogens with zero attached hydrogens (tertiary/aromatic N) is 1. The van der Waals surface area contributed by atoms with Crippen molar-refractivity contribution in [3.63, 3.8) is 0 Å². The van der Waals surface area contributed by atoms with Crippen LogP contribution >= 0.6 is 21.6 Å². The van der Waals surface area contributed by atoms with E-state index in [2.05, 4.69) is 30.5 Å². The minimum Gasteiger partial charge on any atom is -0.448 e. The molecule has 0 heterocycles. The molecule has 0 spiro atoms. The summed E-state index contributed by atoms with van der Waals surface area (Å²) < 4.78 is 5.63. The highest BCUT2D eigenvalue weighted by Crippen LogP contribution is 2.37. The van der Waals surface area contributed by atoms with E-state index >= 15 is 0 Å².